The van der Waals surface area contributed by atoms with Crippen molar-refractivity contribution in [3.63, 3.8) is 0 Å². The van der Waals surface area contributed by atoms with Gasteiger partial charge in [-0.3, -0.25) is 4.79 Å². The number of carboxylic acids is 1. The molecule has 0 unspecified atom stereocenters. The van der Waals surface area contributed by atoms with Gasteiger partial charge in [-0.05, 0) is 17.5 Å². The number of benzene rings is 2. The van der Waals surface area contributed by atoms with Crippen LogP contribution in [0.4, 0.5) is 4.79 Å². The van der Waals surface area contributed by atoms with Gasteiger partial charge in [0.2, 0.25) is 5.91 Å². The first-order chi connectivity index (χ1) is 14.0. The maximum absolute atomic E-state index is 12.6. The molecule has 2 aromatic rings. The largest absolute Gasteiger partial charge is 0.480 e. The zero-order valence-electron chi connectivity index (χ0n) is 16.3. The van der Waals surface area contributed by atoms with E-state index in [1.165, 1.54) is 0 Å². The summed E-state index contributed by atoms with van der Waals surface area (Å²) in [6, 6.07) is 16.3. The van der Waals surface area contributed by atoms with Crippen LogP contribution >= 0.6 is 0 Å². The lowest BCUT2D eigenvalue weighted by Crippen LogP contribution is -2.52. The Morgan fingerprint density at radius 1 is 0.897 bits per heavy atom. The summed E-state index contributed by atoms with van der Waals surface area (Å²) >= 11 is 0. The molecular weight excluding hydrogens is 372 g/mol. The lowest BCUT2D eigenvalue weighted by atomic mass is 10.0. The molecule has 2 aromatic carbocycles. The fraction of sp³-hybridized carbons (Fsp3) is 0.318. The Kier molecular flexibility index (Phi) is 8.69. The fourth-order valence-electron chi connectivity index (χ4n) is 2.79. The van der Waals surface area contributed by atoms with Gasteiger partial charge in [-0.2, -0.15) is 0 Å². The fourth-order valence-corrected chi connectivity index (χ4v) is 2.79. The zero-order valence-corrected chi connectivity index (χ0v) is 16.3. The number of ether oxygens (including phenoxy) is 1. The molecule has 29 heavy (non-hydrogen) atoms. The number of carbonyl (C=O) groups is 3. The van der Waals surface area contributed by atoms with Crippen molar-refractivity contribution in [3.05, 3.63) is 71.8 Å². The lowest BCUT2D eigenvalue weighted by Gasteiger charge is -2.21. The van der Waals surface area contributed by atoms with Crippen LogP contribution in [0.15, 0.2) is 60.7 Å². The molecule has 2 atom stereocenters. The molecule has 154 valence electrons. The Balaban J connectivity index is 1.93. The number of amides is 2. The van der Waals surface area contributed by atoms with Crippen LogP contribution in [0, 0.1) is 0 Å². The highest BCUT2D eigenvalue weighted by Crippen LogP contribution is 2.06. The Morgan fingerprint density at radius 2 is 1.48 bits per heavy atom. The summed E-state index contributed by atoms with van der Waals surface area (Å²) in [4.78, 5) is 36.3. The average Bonchev–Trinajstić information content (AvgIpc) is 2.73. The van der Waals surface area contributed by atoms with Crippen LogP contribution < -0.4 is 10.6 Å². The van der Waals surface area contributed by atoms with Crippen molar-refractivity contribution in [2.45, 2.75) is 44.9 Å². The number of nitrogens with one attached hydrogen (secondary N) is 2. The maximum Gasteiger partial charge on any atom is 0.408 e. The van der Waals surface area contributed by atoms with E-state index < -0.39 is 30.1 Å². The molecule has 0 spiro atoms. The van der Waals surface area contributed by atoms with E-state index in [1.54, 1.807) is 24.3 Å². The summed E-state index contributed by atoms with van der Waals surface area (Å²) < 4.78 is 5.16. The van der Waals surface area contributed by atoms with Crippen LogP contribution in [-0.2, 0) is 27.4 Å². The third kappa shape index (κ3) is 7.65. The lowest BCUT2D eigenvalue weighted by molar-refractivity contribution is -0.142. The van der Waals surface area contributed by atoms with E-state index in [0.29, 0.717) is 12.8 Å². The molecule has 0 saturated carbocycles. The van der Waals surface area contributed by atoms with E-state index in [9.17, 15) is 19.5 Å². The molecule has 3 N–H and O–H groups in total. The molecule has 0 heterocycles. The molecular formula is C22H26N2O5. The van der Waals surface area contributed by atoms with Crippen LogP contribution in [0.25, 0.3) is 0 Å². The summed E-state index contributed by atoms with van der Waals surface area (Å²) in [6.07, 6.45) is 0.425. The molecule has 0 fully saturated rings. The second kappa shape index (κ2) is 11.5. The molecule has 7 heteroatoms. The van der Waals surface area contributed by atoms with E-state index >= 15 is 0 Å². The van der Waals surface area contributed by atoms with Crippen LogP contribution in [0.2, 0.25) is 0 Å². The summed E-state index contributed by atoms with van der Waals surface area (Å²) in [6.45, 7) is 1.95. The Hall–Kier alpha value is -3.35. The number of rotatable bonds is 10. The SMILES string of the molecule is CCC[C@@H](NC(=O)OCc1ccccc1)C(=O)N[C@H](Cc1ccccc1)C(=O)O. The van der Waals surface area contributed by atoms with E-state index in [-0.39, 0.29) is 13.0 Å². The summed E-state index contributed by atoms with van der Waals surface area (Å²) in [5, 5.41) is 14.5. The van der Waals surface area contributed by atoms with Crippen molar-refractivity contribution in [2.24, 2.45) is 0 Å². The van der Waals surface area contributed by atoms with Gasteiger partial charge in [0.05, 0.1) is 0 Å². The molecule has 0 aliphatic heterocycles. The average molecular weight is 398 g/mol. The normalized spacial score (nSPS) is 12.4. The van der Waals surface area contributed by atoms with E-state index in [2.05, 4.69) is 10.6 Å². The highest BCUT2D eigenvalue weighted by molar-refractivity contribution is 5.89. The summed E-state index contributed by atoms with van der Waals surface area (Å²) in [5.74, 6) is -1.68. The minimum Gasteiger partial charge on any atom is -0.480 e. The quantitative estimate of drug-likeness (QED) is 0.571. The monoisotopic (exact) mass is 398 g/mol. The first-order valence-corrected chi connectivity index (χ1v) is 9.54. The van der Waals surface area contributed by atoms with Crippen molar-refractivity contribution < 1.29 is 24.2 Å². The van der Waals surface area contributed by atoms with E-state index in [0.717, 1.165) is 11.1 Å². The number of hydrogen-bond acceptors (Lipinski definition) is 4. The van der Waals surface area contributed by atoms with Crippen LogP contribution in [0.5, 0.6) is 0 Å². The Morgan fingerprint density at radius 3 is 2.03 bits per heavy atom. The maximum atomic E-state index is 12.6. The third-order valence-corrected chi connectivity index (χ3v) is 4.30. The molecule has 0 bridgehead atoms. The number of alkyl carbamates (subject to hydrolysis) is 1. The Bertz CT molecular complexity index is 795. The standard InChI is InChI=1S/C22H26N2O5/c1-2-9-18(24-22(28)29-15-17-12-7-4-8-13-17)20(25)23-19(21(26)27)14-16-10-5-3-6-11-16/h3-8,10-13,18-19H,2,9,14-15H2,1H3,(H,23,25)(H,24,28)(H,26,27)/t18-,19-/m1/s1. The van der Waals surface area contributed by atoms with Gasteiger partial charge in [0.15, 0.2) is 0 Å². The summed E-state index contributed by atoms with van der Waals surface area (Å²) in [7, 11) is 0. The van der Waals surface area contributed by atoms with Crippen molar-refractivity contribution in [1.29, 1.82) is 0 Å². The van der Waals surface area contributed by atoms with E-state index in [4.69, 9.17) is 4.74 Å². The van der Waals surface area contributed by atoms with Crippen molar-refractivity contribution in [2.75, 3.05) is 0 Å². The summed E-state index contributed by atoms with van der Waals surface area (Å²) in [5.41, 5.74) is 1.62. The smallest absolute Gasteiger partial charge is 0.408 e. The van der Waals surface area contributed by atoms with Crippen LogP contribution in [0.1, 0.15) is 30.9 Å². The van der Waals surface area contributed by atoms with Gasteiger partial charge in [0.1, 0.15) is 18.7 Å². The molecule has 0 aliphatic rings. The number of hydrogen-bond donors (Lipinski definition) is 3. The molecule has 0 radical (unpaired) electrons. The molecule has 0 aliphatic carbocycles. The first kappa shape index (κ1) is 21.9. The predicted molar refractivity (Wildman–Crippen MR) is 108 cm³/mol. The molecule has 0 aromatic heterocycles. The minimum absolute atomic E-state index is 0.0822. The van der Waals surface area contributed by atoms with E-state index in [1.807, 2.05) is 43.3 Å². The van der Waals surface area contributed by atoms with Gasteiger partial charge in [-0.25, -0.2) is 9.59 Å². The van der Waals surface area contributed by atoms with Crippen molar-refractivity contribution in [3.8, 4) is 0 Å². The first-order valence-electron chi connectivity index (χ1n) is 9.54. The van der Waals surface area contributed by atoms with Crippen molar-refractivity contribution in [1.82, 2.24) is 10.6 Å². The number of aliphatic carboxylic acids is 1. The van der Waals surface area contributed by atoms with Gasteiger partial charge >= 0.3 is 12.1 Å². The van der Waals surface area contributed by atoms with Gasteiger partial charge in [-0.15, -0.1) is 0 Å². The van der Waals surface area contributed by atoms with Crippen LogP contribution in [0.3, 0.4) is 0 Å². The second-order valence-corrected chi connectivity index (χ2v) is 6.64. The van der Waals surface area contributed by atoms with Crippen LogP contribution in [-0.4, -0.2) is 35.2 Å². The molecule has 0 saturated heterocycles. The van der Waals surface area contributed by atoms with Crippen molar-refractivity contribution >= 4 is 18.0 Å². The highest BCUT2D eigenvalue weighted by Gasteiger charge is 2.26. The zero-order chi connectivity index (χ0) is 21.1. The molecule has 2 rings (SSSR count). The van der Waals surface area contributed by atoms with Gasteiger partial charge < -0.3 is 20.5 Å². The predicted octanol–water partition coefficient (Wildman–Crippen LogP) is 2.89. The molecule has 2 amide bonds. The van der Waals surface area contributed by atoms with Gasteiger partial charge in [-0.1, -0.05) is 74.0 Å². The second-order valence-electron chi connectivity index (χ2n) is 6.64. The highest BCUT2D eigenvalue weighted by atomic mass is 16.5. The van der Waals surface area contributed by atoms with Gasteiger partial charge in [0.25, 0.3) is 0 Å². The number of carbonyl (C=O) groups excluding carboxylic acids is 2. The topological polar surface area (TPSA) is 105 Å². The number of carboxylic acid groups (broad SMARTS) is 1. The minimum atomic E-state index is -1.14. The molecule has 7 nitrogen and oxygen atoms in total. The van der Waals surface area contributed by atoms with Gasteiger partial charge in [0, 0.05) is 6.42 Å². The Labute approximate surface area is 170 Å². The third-order valence-electron chi connectivity index (χ3n) is 4.30.